The topological polar surface area (TPSA) is 95.5 Å². The number of amides is 2. The van der Waals surface area contributed by atoms with E-state index in [1.165, 1.54) is 18.2 Å². The van der Waals surface area contributed by atoms with Crippen molar-refractivity contribution in [2.24, 2.45) is 0 Å². The van der Waals surface area contributed by atoms with Gasteiger partial charge in [-0.15, -0.1) is 0 Å². The average Bonchev–Trinajstić information content (AvgIpc) is 2.69. The number of carbonyl (C=O) groups is 3. The van der Waals surface area contributed by atoms with Gasteiger partial charge in [0.15, 0.2) is 0 Å². The van der Waals surface area contributed by atoms with Gasteiger partial charge in [-0.1, -0.05) is 36.4 Å². The zero-order valence-electron chi connectivity index (χ0n) is 14.2. The zero-order valence-corrected chi connectivity index (χ0v) is 14.2. The molecule has 27 heavy (non-hydrogen) atoms. The molecule has 0 spiro atoms. The minimum Gasteiger partial charge on any atom is -0.478 e. The molecule has 0 aliphatic heterocycles. The highest BCUT2D eigenvalue weighted by molar-refractivity contribution is 6.09. The molecule has 0 unspecified atom stereocenters. The smallest absolute Gasteiger partial charge is 0.337 e. The van der Waals surface area contributed by atoms with Gasteiger partial charge in [-0.25, -0.2) is 4.79 Å². The first-order valence-electron chi connectivity index (χ1n) is 8.15. The van der Waals surface area contributed by atoms with Crippen LogP contribution >= 0.6 is 0 Å². The molecule has 0 radical (unpaired) electrons. The summed E-state index contributed by atoms with van der Waals surface area (Å²) in [5, 5.41) is 14.5. The highest BCUT2D eigenvalue weighted by Crippen LogP contribution is 2.18. The van der Waals surface area contributed by atoms with Crippen LogP contribution in [0.3, 0.4) is 0 Å². The maximum Gasteiger partial charge on any atom is 0.337 e. The van der Waals surface area contributed by atoms with E-state index in [4.69, 9.17) is 0 Å². The van der Waals surface area contributed by atoms with Gasteiger partial charge in [0.05, 0.1) is 11.3 Å². The summed E-state index contributed by atoms with van der Waals surface area (Å²) in [5.74, 6) is -1.89. The number of carboxylic acid groups (broad SMARTS) is 1. The maximum absolute atomic E-state index is 12.5. The van der Waals surface area contributed by atoms with E-state index in [2.05, 4.69) is 10.6 Å². The first-order valence-corrected chi connectivity index (χ1v) is 8.15. The van der Waals surface area contributed by atoms with Crippen LogP contribution in [0.5, 0.6) is 0 Å². The van der Waals surface area contributed by atoms with Crippen molar-refractivity contribution in [1.82, 2.24) is 0 Å². The normalized spacial score (nSPS) is 10.1. The summed E-state index contributed by atoms with van der Waals surface area (Å²) in [6.07, 6.45) is 0. The molecule has 0 aliphatic carbocycles. The van der Waals surface area contributed by atoms with Crippen LogP contribution in [0, 0.1) is 0 Å². The second kappa shape index (κ2) is 7.97. The van der Waals surface area contributed by atoms with Gasteiger partial charge < -0.3 is 15.7 Å². The van der Waals surface area contributed by atoms with Crippen LogP contribution in [0.15, 0.2) is 78.9 Å². The molecule has 2 amide bonds. The van der Waals surface area contributed by atoms with Crippen LogP contribution in [-0.2, 0) is 0 Å². The summed E-state index contributed by atoms with van der Waals surface area (Å²) in [5.41, 5.74) is 1.46. The van der Waals surface area contributed by atoms with E-state index in [0.29, 0.717) is 16.8 Å². The van der Waals surface area contributed by atoms with Crippen LogP contribution in [-0.4, -0.2) is 22.9 Å². The molecule has 0 atom stereocenters. The van der Waals surface area contributed by atoms with Gasteiger partial charge >= 0.3 is 5.97 Å². The highest BCUT2D eigenvalue weighted by atomic mass is 16.4. The van der Waals surface area contributed by atoms with Gasteiger partial charge in [0.25, 0.3) is 11.8 Å². The second-order valence-electron chi connectivity index (χ2n) is 5.71. The molecule has 0 saturated carbocycles. The van der Waals surface area contributed by atoms with E-state index in [0.717, 1.165) is 0 Å². The highest BCUT2D eigenvalue weighted by Gasteiger charge is 2.14. The van der Waals surface area contributed by atoms with Crippen LogP contribution in [0.2, 0.25) is 0 Å². The molecule has 3 rings (SSSR count). The first kappa shape index (κ1) is 17.9. The van der Waals surface area contributed by atoms with Gasteiger partial charge in [0.1, 0.15) is 0 Å². The number of hydrogen-bond donors (Lipinski definition) is 3. The van der Waals surface area contributed by atoms with Crippen LogP contribution in [0.4, 0.5) is 11.4 Å². The van der Waals surface area contributed by atoms with Crippen molar-refractivity contribution in [3.8, 4) is 0 Å². The molecule has 3 aromatic rings. The largest absolute Gasteiger partial charge is 0.478 e. The van der Waals surface area contributed by atoms with Crippen LogP contribution in [0.25, 0.3) is 0 Å². The van der Waals surface area contributed by atoms with Crippen molar-refractivity contribution in [3.63, 3.8) is 0 Å². The molecule has 3 N–H and O–H groups in total. The number of anilines is 2. The molecule has 0 bridgehead atoms. The minimum atomic E-state index is -1.13. The number of carbonyl (C=O) groups excluding carboxylic acids is 2. The summed E-state index contributed by atoms with van der Waals surface area (Å²) in [6.45, 7) is 0. The molecular weight excluding hydrogens is 344 g/mol. The van der Waals surface area contributed by atoms with Gasteiger partial charge in [-0.3, -0.25) is 9.59 Å². The van der Waals surface area contributed by atoms with Crippen LogP contribution in [0.1, 0.15) is 31.1 Å². The Balaban J connectivity index is 1.76. The quantitative estimate of drug-likeness (QED) is 0.643. The summed E-state index contributed by atoms with van der Waals surface area (Å²) in [7, 11) is 0. The Morgan fingerprint density at radius 3 is 2.04 bits per heavy atom. The Bertz CT molecular complexity index is 1000. The Morgan fingerprint density at radius 1 is 0.667 bits per heavy atom. The van der Waals surface area contributed by atoms with Crippen molar-refractivity contribution in [3.05, 3.63) is 95.6 Å². The van der Waals surface area contributed by atoms with Crippen molar-refractivity contribution < 1.29 is 19.5 Å². The Morgan fingerprint density at radius 2 is 1.30 bits per heavy atom. The van der Waals surface area contributed by atoms with E-state index < -0.39 is 11.9 Å². The number of para-hydroxylation sites is 1. The lowest BCUT2D eigenvalue weighted by Crippen LogP contribution is -2.16. The summed E-state index contributed by atoms with van der Waals surface area (Å²) < 4.78 is 0. The Labute approximate surface area is 155 Å². The van der Waals surface area contributed by atoms with E-state index >= 15 is 0 Å². The summed E-state index contributed by atoms with van der Waals surface area (Å²) >= 11 is 0. The minimum absolute atomic E-state index is 0.000569. The number of carboxylic acids is 1. The lowest BCUT2D eigenvalue weighted by Gasteiger charge is -2.10. The molecule has 6 nitrogen and oxygen atoms in total. The monoisotopic (exact) mass is 360 g/mol. The second-order valence-corrected chi connectivity index (χ2v) is 5.71. The van der Waals surface area contributed by atoms with Crippen molar-refractivity contribution in [2.45, 2.75) is 0 Å². The van der Waals surface area contributed by atoms with Gasteiger partial charge in [0, 0.05) is 16.8 Å². The molecule has 134 valence electrons. The maximum atomic E-state index is 12.5. The molecule has 3 aromatic carbocycles. The number of rotatable bonds is 5. The fourth-order valence-electron chi connectivity index (χ4n) is 2.50. The summed E-state index contributed by atoms with van der Waals surface area (Å²) in [4.78, 5) is 36.0. The third-order valence-corrected chi connectivity index (χ3v) is 3.82. The molecule has 0 saturated heterocycles. The lowest BCUT2D eigenvalue weighted by atomic mass is 10.1. The number of hydrogen-bond acceptors (Lipinski definition) is 3. The van der Waals surface area contributed by atoms with E-state index in [1.807, 2.05) is 6.07 Å². The fourth-order valence-corrected chi connectivity index (χ4v) is 2.50. The number of nitrogens with one attached hydrogen (secondary N) is 2. The summed E-state index contributed by atoms with van der Waals surface area (Å²) in [6, 6.07) is 21.3. The molecule has 6 heteroatoms. The van der Waals surface area contributed by atoms with Gasteiger partial charge in [0.2, 0.25) is 0 Å². The predicted octanol–water partition coefficient (Wildman–Crippen LogP) is 3.89. The Hall–Kier alpha value is -3.93. The van der Waals surface area contributed by atoms with Crippen molar-refractivity contribution in [2.75, 3.05) is 10.6 Å². The van der Waals surface area contributed by atoms with Gasteiger partial charge in [-0.2, -0.15) is 0 Å². The molecule has 0 fully saturated rings. The molecule has 0 aliphatic rings. The van der Waals surface area contributed by atoms with E-state index in [1.54, 1.807) is 54.6 Å². The fraction of sp³-hybridized carbons (Fsp3) is 0. The van der Waals surface area contributed by atoms with Crippen molar-refractivity contribution >= 4 is 29.2 Å². The Kier molecular flexibility index (Phi) is 5.28. The van der Waals surface area contributed by atoms with Gasteiger partial charge in [-0.05, 0) is 42.5 Å². The zero-order chi connectivity index (χ0) is 19.2. The third kappa shape index (κ3) is 4.38. The first-order chi connectivity index (χ1) is 13.0. The lowest BCUT2D eigenvalue weighted by molar-refractivity contribution is 0.0697. The predicted molar refractivity (Wildman–Crippen MR) is 102 cm³/mol. The molecular formula is C21H16N2O4. The number of benzene rings is 3. The van der Waals surface area contributed by atoms with E-state index in [-0.39, 0.29) is 17.2 Å². The molecule has 0 heterocycles. The average molecular weight is 360 g/mol. The van der Waals surface area contributed by atoms with E-state index in [9.17, 15) is 19.5 Å². The molecule has 0 aromatic heterocycles. The number of aromatic carboxylic acids is 1. The standard InChI is InChI=1S/C21H16N2O4/c24-19(14-7-2-1-3-8-14)22-16-10-6-9-15(13-16)20(25)23-18-12-5-4-11-17(18)21(26)27/h1-13H,(H,22,24)(H,23,25)(H,26,27). The SMILES string of the molecule is O=C(Nc1cccc(C(=O)Nc2ccccc2C(=O)O)c1)c1ccccc1. The third-order valence-electron chi connectivity index (χ3n) is 3.82. The van der Waals surface area contributed by atoms with Crippen molar-refractivity contribution in [1.29, 1.82) is 0 Å². The van der Waals surface area contributed by atoms with Crippen LogP contribution < -0.4 is 10.6 Å².